The summed E-state index contributed by atoms with van der Waals surface area (Å²) in [6.07, 6.45) is 0. The van der Waals surface area contributed by atoms with Crippen molar-refractivity contribution in [2.75, 3.05) is 25.7 Å². The summed E-state index contributed by atoms with van der Waals surface area (Å²) in [5.41, 5.74) is 1.53. The number of hydrogen-bond acceptors (Lipinski definition) is 7. The topological polar surface area (TPSA) is 69.2 Å². The number of amides is 1. The lowest BCUT2D eigenvalue weighted by Crippen LogP contribution is -2.29. The molecule has 6 nitrogen and oxygen atoms in total. The zero-order valence-electron chi connectivity index (χ0n) is 14.4. The second kappa shape index (κ2) is 9.49. The second-order valence-electron chi connectivity index (χ2n) is 5.50. The predicted molar refractivity (Wildman–Crippen MR) is 104 cm³/mol. The Hall–Kier alpha value is -2.19. The molecule has 0 bridgehead atoms. The largest absolute Gasteiger partial charge is 0.454 e. The van der Waals surface area contributed by atoms with Crippen molar-refractivity contribution >= 4 is 34.7 Å². The molecule has 1 amide bonds. The van der Waals surface area contributed by atoms with Crippen molar-refractivity contribution in [1.82, 2.24) is 5.32 Å². The predicted octanol–water partition coefficient (Wildman–Crippen LogP) is 3.27. The lowest BCUT2D eigenvalue weighted by atomic mass is 10.1. The van der Waals surface area contributed by atoms with Gasteiger partial charge in [-0.3, -0.25) is 4.79 Å². The van der Waals surface area contributed by atoms with E-state index in [2.05, 4.69) is 21.9 Å². The van der Waals surface area contributed by atoms with Crippen LogP contribution in [0.3, 0.4) is 0 Å². The summed E-state index contributed by atoms with van der Waals surface area (Å²) >= 11 is 3.54. The minimum atomic E-state index is -0.177. The Morgan fingerprint density at radius 2 is 2.23 bits per heavy atom. The lowest BCUT2D eigenvalue weighted by Gasteiger charge is -2.05. The van der Waals surface area contributed by atoms with Gasteiger partial charge in [-0.1, -0.05) is 11.2 Å². The molecule has 1 N–H and O–H groups in total. The molecule has 2 aromatic rings. The summed E-state index contributed by atoms with van der Waals surface area (Å²) < 4.78 is 10.6. The number of benzene rings is 1. The van der Waals surface area contributed by atoms with Crippen LogP contribution >= 0.6 is 23.1 Å². The van der Waals surface area contributed by atoms with Gasteiger partial charge in [0.15, 0.2) is 18.1 Å². The second-order valence-corrected chi connectivity index (χ2v) is 7.64. The first-order valence-electron chi connectivity index (χ1n) is 8.16. The van der Waals surface area contributed by atoms with Crippen LogP contribution in [0.4, 0.5) is 0 Å². The SMILES string of the molecule is C/C(=N/OCC(=O)NCCSCc1cccs1)c1ccc2c(c1)OCO2. The third-order valence-electron chi connectivity index (χ3n) is 3.58. The molecular weight excluding hydrogens is 372 g/mol. The number of carbonyl (C=O) groups excluding carboxylic acids is 1. The van der Waals surface area contributed by atoms with Crippen LogP contribution in [-0.2, 0) is 15.4 Å². The van der Waals surface area contributed by atoms with Gasteiger partial charge < -0.3 is 19.6 Å². The summed E-state index contributed by atoms with van der Waals surface area (Å²) in [5.74, 6) is 3.07. The van der Waals surface area contributed by atoms with Gasteiger partial charge in [0.2, 0.25) is 6.79 Å². The molecule has 8 heteroatoms. The molecule has 26 heavy (non-hydrogen) atoms. The number of hydrogen-bond donors (Lipinski definition) is 1. The average Bonchev–Trinajstić information content (AvgIpc) is 3.32. The number of nitrogens with zero attached hydrogens (tertiary/aromatic N) is 1. The molecule has 2 heterocycles. The Balaban J connectivity index is 1.33. The zero-order valence-corrected chi connectivity index (χ0v) is 16.0. The molecule has 0 atom stereocenters. The Kier molecular flexibility index (Phi) is 6.79. The highest BCUT2D eigenvalue weighted by Crippen LogP contribution is 2.32. The van der Waals surface area contributed by atoms with E-state index < -0.39 is 0 Å². The molecule has 138 valence electrons. The van der Waals surface area contributed by atoms with Crippen LogP contribution < -0.4 is 14.8 Å². The molecule has 0 radical (unpaired) electrons. The van der Waals surface area contributed by atoms with Gasteiger partial charge >= 0.3 is 0 Å². The Morgan fingerprint density at radius 1 is 1.35 bits per heavy atom. The van der Waals surface area contributed by atoms with E-state index in [0.717, 1.165) is 22.8 Å². The fourth-order valence-corrected chi connectivity index (χ4v) is 3.94. The molecule has 1 aromatic heterocycles. The molecule has 1 aliphatic heterocycles. The van der Waals surface area contributed by atoms with E-state index in [-0.39, 0.29) is 19.3 Å². The van der Waals surface area contributed by atoms with Crippen molar-refractivity contribution in [2.24, 2.45) is 5.16 Å². The van der Waals surface area contributed by atoms with E-state index in [4.69, 9.17) is 14.3 Å². The molecule has 0 unspecified atom stereocenters. The minimum Gasteiger partial charge on any atom is -0.454 e. The Bertz CT molecular complexity index is 763. The van der Waals surface area contributed by atoms with E-state index >= 15 is 0 Å². The monoisotopic (exact) mass is 392 g/mol. The number of ether oxygens (including phenoxy) is 2. The van der Waals surface area contributed by atoms with Crippen molar-refractivity contribution in [3.05, 3.63) is 46.2 Å². The van der Waals surface area contributed by atoms with E-state index in [1.165, 1.54) is 4.88 Å². The van der Waals surface area contributed by atoms with Gasteiger partial charge in [-0.15, -0.1) is 11.3 Å². The van der Waals surface area contributed by atoms with E-state index in [1.54, 1.807) is 23.1 Å². The summed E-state index contributed by atoms with van der Waals surface area (Å²) in [5, 5.41) is 8.89. The Morgan fingerprint density at radius 3 is 3.08 bits per heavy atom. The van der Waals surface area contributed by atoms with Crippen LogP contribution in [0.15, 0.2) is 40.9 Å². The number of thiophene rings is 1. The van der Waals surface area contributed by atoms with Crippen LogP contribution in [-0.4, -0.2) is 37.3 Å². The molecule has 3 rings (SSSR count). The van der Waals surface area contributed by atoms with Crippen LogP contribution in [0.2, 0.25) is 0 Å². The molecule has 0 saturated heterocycles. The van der Waals surface area contributed by atoms with E-state index in [0.29, 0.717) is 18.0 Å². The summed E-state index contributed by atoms with van der Waals surface area (Å²) in [4.78, 5) is 18.2. The quantitative estimate of drug-likeness (QED) is 0.403. The van der Waals surface area contributed by atoms with Crippen LogP contribution in [0, 0.1) is 0 Å². The number of carbonyl (C=O) groups is 1. The van der Waals surface area contributed by atoms with Gasteiger partial charge in [-0.25, -0.2) is 0 Å². The summed E-state index contributed by atoms with van der Waals surface area (Å²) in [6, 6.07) is 9.71. The molecule has 0 saturated carbocycles. The number of nitrogens with one attached hydrogen (secondary N) is 1. The average molecular weight is 393 g/mol. The van der Waals surface area contributed by atoms with Crippen molar-refractivity contribution in [3.8, 4) is 11.5 Å². The minimum absolute atomic E-state index is 0.0997. The molecule has 1 aliphatic rings. The highest BCUT2D eigenvalue weighted by Gasteiger charge is 2.14. The maximum atomic E-state index is 11.8. The van der Waals surface area contributed by atoms with E-state index in [9.17, 15) is 4.79 Å². The number of oxime groups is 1. The van der Waals surface area contributed by atoms with Gasteiger partial charge in [0, 0.05) is 28.5 Å². The zero-order chi connectivity index (χ0) is 18.2. The Labute approximate surface area is 160 Å². The molecule has 1 aromatic carbocycles. The maximum absolute atomic E-state index is 11.8. The molecule has 0 aliphatic carbocycles. The highest BCUT2D eigenvalue weighted by molar-refractivity contribution is 7.98. The third kappa shape index (κ3) is 5.40. The van der Waals surface area contributed by atoms with E-state index in [1.807, 2.05) is 31.2 Å². The van der Waals surface area contributed by atoms with Gasteiger partial charge in [0.1, 0.15) is 0 Å². The normalized spacial score (nSPS) is 12.9. The fraction of sp³-hybridized carbons (Fsp3) is 0.333. The van der Waals surface area contributed by atoms with Crippen LogP contribution in [0.5, 0.6) is 11.5 Å². The van der Waals surface area contributed by atoms with Crippen molar-refractivity contribution < 1.29 is 19.1 Å². The highest BCUT2D eigenvalue weighted by atomic mass is 32.2. The maximum Gasteiger partial charge on any atom is 0.260 e. The molecule has 0 spiro atoms. The third-order valence-corrected chi connectivity index (χ3v) is 5.65. The number of thioether (sulfide) groups is 1. The summed E-state index contributed by atoms with van der Waals surface area (Å²) in [6.45, 7) is 2.56. The molecular formula is C18H20N2O4S2. The van der Waals surface area contributed by atoms with Gasteiger partial charge in [-0.05, 0) is 36.6 Å². The standard InChI is InChI=1S/C18H20N2O4S2/c1-13(14-4-5-16-17(9-14)23-12-22-16)20-24-10-18(21)19-6-8-25-11-15-3-2-7-26-15/h2-5,7,9H,6,8,10-12H2,1H3,(H,19,21)/b20-13-. The lowest BCUT2D eigenvalue weighted by molar-refractivity contribution is -0.125. The van der Waals surface area contributed by atoms with Gasteiger partial charge in [-0.2, -0.15) is 11.8 Å². The van der Waals surface area contributed by atoms with Gasteiger partial charge in [0.25, 0.3) is 5.91 Å². The fourth-order valence-electron chi connectivity index (χ4n) is 2.24. The molecule has 0 fully saturated rings. The smallest absolute Gasteiger partial charge is 0.260 e. The summed E-state index contributed by atoms with van der Waals surface area (Å²) in [7, 11) is 0. The first-order chi connectivity index (χ1) is 12.7. The number of rotatable bonds is 9. The number of fused-ring (bicyclic) bond motifs is 1. The van der Waals surface area contributed by atoms with Crippen molar-refractivity contribution in [2.45, 2.75) is 12.7 Å². The first-order valence-corrected chi connectivity index (χ1v) is 10.2. The van der Waals surface area contributed by atoms with Crippen LogP contribution in [0.1, 0.15) is 17.4 Å². The van der Waals surface area contributed by atoms with Gasteiger partial charge in [0.05, 0.1) is 5.71 Å². The first kappa shape index (κ1) is 18.6. The van der Waals surface area contributed by atoms with Crippen molar-refractivity contribution in [1.29, 1.82) is 0 Å². The van der Waals surface area contributed by atoms with Crippen LogP contribution in [0.25, 0.3) is 0 Å². The van der Waals surface area contributed by atoms with Crippen molar-refractivity contribution in [3.63, 3.8) is 0 Å².